The van der Waals surface area contributed by atoms with Crippen molar-refractivity contribution in [1.82, 2.24) is 9.88 Å². The van der Waals surface area contributed by atoms with Gasteiger partial charge in [-0.15, -0.1) is 0 Å². The van der Waals surface area contributed by atoms with E-state index in [1.165, 1.54) is 0 Å². The van der Waals surface area contributed by atoms with Crippen LogP contribution in [0.1, 0.15) is 29.7 Å². The molecule has 1 N–H and O–H groups in total. The molecule has 3 nitrogen and oxygen atoms in total. The number of nitrogens with zero attached hydrogens (tertiary/aromatic N) is 2. The fourth-order valence-electron chi connectivity index (χ4n) is 4.45. The number of likely N-dealkylation sites (tertiary alicyclic amines) is 1. The Kier molecular flexibility index (Phi) is 4.53. The molecule has 1 saturated heterocycles. The summed E-state index contributed by atoms with van der Waals surface area (Å²) in [6.45, 7) is 4.75. The lowest BCUT2D eigenvalue weighted by molar-refractivity contribution is -0.0108. The average molecular weight is 377 g/mol. The first-order valence-corrected chi connectivity index (χ1v) is 9.53. The summed E-state index contributed by atoms with van der Waals surface area (Å²) in [5, 5.41) is 12.5. The third kappa shape index (κ3) is 3.19. The van der Waals surface area contributed by atoms with E-state index in [2.05, 4.69) is 9.88 Å². The molecular formula is C20H22Cl2N2O. The molecule has 0 bridgehead atoms. The maximum absolute atomic E-state index is 11.4. The molecule has 132 valence electrons. The van der Waals surface area contributed by atoms with Gasteiger partial charge < -0.3 is 5.11 Å². The van der Waals surface area contributed by atoms with Gasteiger partial charge in [0.25, 0.3) is 0 Å². The lowest BCUT2D eigenvalue weighted by atomic mass is 9.85. The molecule has 1 aromatic carbocycles. The molecule has 1 aliphatic heterocycles. The molecule has 2 aromatic rings. The summed E-state index contributed by atoms with van der Waals surface area (Å²) in [5.41, 5.74) is 2.30. The van der Waals surface area contributed by atoms with Crippen molar-refractivity contribution in [3.8, 4) is 0 Å². The van der Waals surface area contributed by atoms with Crippen LogP contribution in [0.15, 0.2) is 36.5 Å². The predicted octanol–water partition coefficient (Wildman–Crippen LogP) is 4.43. The molecule has 3 atom stereocenters. The quantitative estimate of drug-likeness (QED) is 0.860. The smallest absolute Gasteiger partial charge is 0.111 e. The summed E-state index contributed by atoms with van der Waals surface area (Å²) in [4.78, 5) is 6.93. The minimum Gasteiger partial charge on any atom is -0.383 e. The summed E-state index contributed by atoms with van der Waals surface area (Å²) in [7, 11) is 0. The Morgan fingerprint density at radius 2 is 2.04 bits per heavy atom. The highest BCUT2D eigenvalue weighted by molar-refractivity contribution is 6.42. The number of aromatic nitrogens is 1. The SMILES string of the molecule is Cc1ccc([C@]2(O)CC[C@H]3CN(Cc4ccc(Cl)c(Cl)c4)C[C@H]32)nc1. The van der Waals surface area contributed by atoms with Gasteiger partial charge in [0.2, 0.25) is 0 Å². The lowest BCUT2D eigenvalue weighted by Gasteiger charge is -2.30. The van der Waals surface area contributed by atoms with E-state index in [0.717, 1.165) is 49.3 Å². The molecule has 1 aromatic heterocycles. The van der Waals surface area contributed by atoms with Crippen LogP contribution in [0.25, 0.3) is 0 Å². The van der Waals surface area contributed by atoms with E-state index in [0.29, 0.717) is 16.0 Å². The van der Waals surface area contributed by atoms with Crippen molar-refractivity contribution in [2.24, 2.45) is 11.8 Å². The second kappa shape index (κ2) is 6.55. The van der Waals surface area contributed by atoms with Gasteiger partial charge in [0.15, 0.2) is 0 Å². The molecular weight excluding hydrogens is 355 g/mol. The lowest BCUT2D eigenvalue weighted by Crippen LogP contribution is -2.35. The summed E-state index contributed by atoms with van der Waals surface area (Å²) < 4.78 is 0. The Morgan fingerprint density at radius 3 is 2.76 bits per heavy atom. The number of fused-ring (bicyclic) bond motifs is 1. The van der Waals surface area contributed by atoms with Gasteiger partial charge >= 0.3 is 0 Å². The van der Waals surface area contributed by atoms with E-state index >= 15 is 0 Å². The standard InChI is InChI=1S/C20H22Cl2N2O/c1-13-2-5-19(23-9-13)20(25)7-6-15-11-24(12-16(15)20)10-14-3-4-17(21)18(22)8-14/h2-5,8-9,15-16,25H,6-7,10-12H2,1H3/t15-,16+,20-/m0/s1. The van der Waals surface area contributed by atoms with Crippen LogP contribution >= 0.6 is 23.2 Å². The number of hydrogen-bond acceptors (Lipinski definition) is 3. The van der Waals surface area contributed by atoms with Crippen LogP contribution in [0.2, 0.25) is 10.0 Å². The van der Waals surface area contributed by atoms with Gasteiger partial charge in [-0.2, -0.15) is 0 Å². The Bertz CT molecular complexity index is 780. The summed E-state index contributed by atoms with van der Waals surface area (Å²) in [6.07, 6.45) is 3.71. The van der Waals surface area contributed by atoms with Crippen LogP contribution in [-0.4, -0.2) is 28.1 Å². The van der Waals surface area contributed by atoms with Crippen molar-refractivity contribution in [3.05, 3.63) is 63.4 Å². The van der Waals surface area contributed by atoms with Crippen molar-refractivity contribution in [2.75, 3.05) is 13.1 Å². The largest absolute Gasteiger partial charge is 0.383 e. The fourth-order valence-corrected chi connectivity index (χ4v) is 4.77. The highest BCUT2D eigenvalue weighted by atomic mass is 35.5. The molecule has 0 radical (unpaired) electrons. The van der Waals surface area contributed by atoms with Crippen molar-refractivity contribution in [3.63, 3.8) is 0 Å². The van der Waals surface area contributed by atoms with E-state index in [4.69, 9.17) is 23.2 Å². The molecule has 2 heterocycles. The average Bonchev–Trinajstić information content (AvgIpc) is 3.12. The summed E-state index contributed by atoms with van der Waals surface area (Å²) in [6, 6.07) is 9.83. The number of hydrogen-bond donors (Lipinski definition) is 1. The fraction of sp³-hybridized carbons (Fsp3) is 0.450. The highest BCUT2D eigenvalue weighted by Crippen LogP contribution is 2.50. The molecule has 25 heavy (non-hydrogen) atoms. The zero-order valence-corrected chi connectivity index (χ0v) is 15.8. The highest BCUT2D eigenvalue weighted by Gasteiger charge is 2.52. The molecule has 1 saturated carbocycles. The Hall–Kier alpha value is -1.13. The number of pyridine rings is 1. The van der Waals surface area contributed by atoms with Gasteiger partial charge in [-0.05, 0) is 55.0 Å². The minimum atomic E-state index is -0.801. The first-order valence-electron chi connectivity index (χ1n) is 8.77. The molecule has 2 fully saturated rings. The third-order valence-electron chi connectivity index (χ3n) is 5.77. The second-order valence-electron chi connectivity index (χ2n) is 7.49. The Balaban J connectivity index is 1.51. The molecule has 2 aliphatic rings. The maximum Gasteiger partial charge on any atom is 0.111 e. The predicted molar refractivity (Wildman–Crippen MR) is 101 cm³/mol. The topological polar surface area (TPSA) is 36.4 Å². The monoisotopic (exact) mass is 376 g/mol. The first kappa shape index (κ1) is 17.3. The van der Waals surface area contributed by atoms with Crippen LogP contribution in [0.3, 0.4) is 0 Å². The number of benzene rings is 1. The first-order chi connectivity index (χ1) is 12.0. The van der Waals surface area contributed by atoms with Crippen LogP contribution in [0.4, 0.5) is 0 Å². The van der Waals surface area contributed by atoms with E-state index in [1.54, 1.807) is 0 Å². The van der Waals surface area contributed by atoms with E-state index < -0.39 is 5.60 Å². The van der Waals surface area contributed by atoms with Crippen molar-refractivity contribution < 1.29 is 5.11 Å². The number of halogens is 2. The molecule has 1 aliphatic carbocycles. The second-order valence-corrected chi connectivity index (χ2v) is 8.31. The Morgan fingerprint density at radius 1 is 1.20 bits per heavy atom. The van der Waals surface area contributed by atoms with Crippen molar-refractivity contribution >= 4 is 23.2 Å². The van der Waals surface area contributed by atoms with E-state index in [-0.39, 0.29) is 5.92 Å². The summed E-state index contributed by atoms with van der Waals surface area (Å²) >= 11 is 12.1. The maximum atomic E-state index is 11.4. The zero-order chi connectivity index (χ0) is 17.6. The zero-order valence-electron chi connectivity index (χ0n) is 14.3. The van der Waals surface area contributed by atoms with E-state index in [9.17, 15) is 5.11 Å². The van der Waals surface area contributed by atoms with Gasteiger partial charge in [0.1, 0.15) is 5.60 Å². The van der Waals surface area contributed by atoms with Gasteiger partial charge in [0, 0.05) is 31.7 Å². The van der Waals surface area contributed by atoms with Crippen LogP contribution < -0.4 is 0 Å². The Labute approximate surface area is 158 Å². The van der Waals surface area contributed by atoms with Gasteiger partial charge in [0.05, 0.1) is 15.7 Å². The van der Waals surface area contributed by atoms with Crippen LogP contribution in [-0.2, 0) is 12.1 Å². The van der Waals surface area contributed by atoms with Crippen LogP contribution in [0.5, 0.6) is 0 Å². The molecule has 0 spiro atoms. The molecule has 0 amide bonds. The molecule has 0 unspecified atom stereocenters. The number of aryl methyl sites for hydroxylation is 1. The van der Waals surface area contributed by atoms with Crippen molar-refractivity contribution in [1.29, 1.82) is 0 Å². The minimum absolute atomic E-state index is 0.241. The summed E-state index contributed by atoms with van der Waals surface area (Å²) in [5.74, 6) is 0.765. The van der Waals surface area contributed by atoms with Crippen LogP contribution in [0, 0.1) is 18.8 Å². The number of aliphatic hydroxyl groups is 1. The normalized spacial score (nSPS) is 29.1. The van der Waals surface area contributed by atoms with Gasteiger partial charge in [-0.3, -0.25) is 9.88 Å². The van der Waals surface area contributed by atoms with Crippen molar-refractivity contribution in [2.45, 2.75) is 31.9 Å². The third-order valence-corrected chi connectivity index (χ3v) is 6.51. The van der Waals surface area contributed by atoms with E-state index in [1.807, 2.05) is 43.5 Å². The van der Waals surface area contributed by atoms with Gasteiger partial charge in [-0.1, -0.05) is 35.3 Å². The number of rotatable bonds is 3. The molecule has 5 heteroatoms. The molecule has 4 rings (SSSR count). The van der Waals surface area contributed by atoms with Gasteiger partial charge in [-0.25, -0.2) is 0 Å².